The first-order valence-electron chi connectivity index (χ1n) is 6.64. The molecule has 5 atom stereocenters. The summed E-state index contributed by atoms with van der Waals surface area (Å²) in [6, 6.07) is 0.306. The highest BCUT2D eigenvalue weighted by Crippen LogP contribution is 2.48. The Bertz CT molecular complexity index is 379. The Kier molecular flexibility index (Phi) is 3.45. The average molecular weight is 273 g/mol. The molecule has 2 amide bonds. The van der Waals surface area contributed by atoms with Gasteiger partial charge in [0.2, 0.25) is 11.8 Å². The number of nitrogens with one attached hydrogen (secondary N) is 1. The molecule has 2 heterocycles. The zero-order chi connectivity index (χ0) is 12.3. The zero-order valence-corrected chi connectivity index (χ0v) is 11.9. The van der Waals surface area contributed by atoms with Crippen LogP contribution in [0.15, 0.2) is 0 Å². The molecular formula is C13H21ClN2O2. The fourth-order valence-electron chi connectivity index (χ4n) is 3.59. The Morgan fingerprint density at radius 3 is 2.44 bits per heavy atom. The van der Waals surface area contributed by atoms with Crippen molar-refractivity contribution in [3.8, 4) is 0 Å². The van der Waals surface area contributed by atoms with Gasteiger partial charge in [0.1, 0.15) is 0 Å². The zero-order valence-electron chi connectivity index (χ0n) is 11.1. The van der Waals surface area contributed by atoms with Crippen LogP contribution in [0.4, 0.5) is 0 Å². The molecule has 2 aliphatic heterocycles. The molecule has 18 heavy (non-hydrogen) atoms. The van der Waals surface area contributed by atoms with Crippen LogP contribution < -0.4 is 5.32 Å². The summed E-state index contributed by atoms with van der Waals surface area (Å²) >= 11 is 0. The Hall–Kier alpha value is -0.610. The van der Waals surface area contributed by atoms with Crippen molar-refractivity contribution in [3.05, 3.63) is 0 Å². The molecule has 3 aliphatic rings. The Morgan fingerprint density at radius 2 is 1.89 bits per heavy atom. The van der Waals surface area contributed by atoms with Crippen molar-refractivity contribution in [2.75, 3.05) is 6.54 Å². The predicted molar refractivity (Wildman–Crippen MR) is 70.3 cm³/mol. The third-order valence-corrected chi connectivity index (χ3v) is 5.08. The molecule has 2 unspecified atom stereocenters. The van der Waals surface area contributed by atoms with Gasteiger partial charge in [0.05, 0.1) is 12.0 Å². The highest BCUT2D eigenvalue weighted by molar-refractivity contribution is 6.01. The summed E-state index contributed by atoms with van der Waals surface area (Å²) in [7, 11) is 0. The molecule has 102 valence electrons. The van der Waals surface area contributed by atoms with Crippen LogP contribution in [-0.4, -0.2) is 35.3 Å². The Labute approximate surface area is 114 Å². The number of carbonyl (C=O) groups is 2. The minimum atomic E-state index is -0.0455. The maximum absolute atomic E-state index is 12.4. The Balaban J connectivity index is 0.00000120. The van der Waals surface area contributed by atoms with Crippen LogP contribution in [0.25, 0.3) is 0 Å². The number of rotatable bonds is 1. The van der Waals surface area contributed by atoms with Gasteiger partial charge in [0.15, 0.2) is 0 Å². The highest BCUT2D eigenvalue weighted by atomic mass is 35.5. The van der Waals surface area contributed by atoms with E-state index in [4.69, 9.17) is 0 Å². The fraction of sp³-hybridized carbons (Fsp3) is 0.846. The first-order chi connectivity index (χ1) is 8.04. The smallest absolute Gasteiger partial charge is 0.233 e. The van der Waals surface area contributed by atoms with Gasteiger partial charge in [-0.05, 0) is 24.8 Å². The van der Waals surface area contributed by atoms with Gasteiger partial charge in [0, 0.05) is 12.0 Å². The summed E-state index contributed by atoms with van der Waals surface area (Å²) in [5.74, 6) is 1.04. The van der Waals surface area contributed by atoms with Crippen LogP contribution in [0.5, 0.6) is 0 Å². The van der Waals surface area contributed by atoms with Gasteiger partial charge in [-0.25, -0.2) is 0 Å². The van der Waals surface area contributed by atoms with Crippen LogP contribution in [0, 0.1) is 23.7 Å². The molecule has 3 rings (SSSR count). The van der Waals surface area contributed by atoms with Crippen molar-refractivity contribution in [1.29, 1.82) is 0 Å². The van der Waals surface area contributed by atoms with Crippen LogP contribution in [-0.2, 0) is 9.59 Å². The molecule has 2 saturated heterocycles. The van der Waals surface area contributed by atoms with Crippen molar-refractivity contribution in [1.82, 2.24) is 10.2 Å². The number of carbonyl (C=O) groups excluding carboxylic acids is 2. The van der Waals surface area contributed by atoms with Gasteiger partial charge in [-0.3, -0.25) is 14.5 Å². The summed E-state index contributed by atoms with van der Waals surface area (Å²) < 4.78 is 0. The lowest BCUT2D eigenvalue weighted by molar-refractivity contribution is -0.146. The maximum Gasteiger partial charge on any atom is 0.233 e. The summed E-state index contributed by atoms with van der Waals surface area (Å²) in [5.41, 5.74) is 0. The van der Waals surface area contributed by atoms with E-state index >= 15 is 0 Å². The number of amides is 2. The number of hydrogen-bond acceptors (Lipinski definition) is 3. The second-order valence-electron chi connectivity index (χ2n) is 5.92. The van der Waals surface area contributed by atoms with Gasteiger partial charge in [0.25, 0.3) is 0 Å². The maximum atomic E-state index is 12.4. The third-order valence-electron chi connectivity index (χ3n) is 5.08. The summed E-state index contributed by atoms with van der Waals surface area (Å²) in [6.07, 6.45) is 0.919. The third kappa shape index (κ3) is 1.69. The van der Waals surface area contributed by atoms with Gasteiger partial charge < -0.3 is 5.32 Å². The van der Waals surface area contributed by atoms with E-state index in [1.54, 1.807) is 4.90 Å². The molecule has 4 nitrogen and oxygen atoms in total. The molecule has 0 aromatic rings. The second-order valence-corrected chi connectivity index (χ2v) is 5.92. The number of hydrogen-bond donors (Lipinski definition) is 1. The largest absolute Gasteiger partial charge is 0.311 e. The molecule has 5 heteroatoms. The molecular weight excluding hydrogens is 252 g/mol. The first kappa shape index (κ1) is 13.8. The monoisotopic (exact) mass is 272 g/mol. The van der Waals surface area contributed by atoms with Gasteiger partial charge >= 0.3 is 0 Å². The number of halogens is 1. The summed E-state index contributed by atoms with van der Waals surface area (Å²) in [5, 5.41) is 3.35. The van der Waals surface area contributed by atoms with Gasteiger partial charge in [-0.2, -0.15) is 0 Å². The first-order valence-corrected chi connectivity index (χ1v) is 6.64. The summed E-state index contributed by atoms with van der Waals surface area (Å²) in [4.78, 5) is 26.2. The van der Waals surface area contributed by atoms with Crippen molar-refractivity contribution in [2.24, 2.45) is 23.7 Å². The normalized spacial score (nSPS) is 45.7. The van der Waals surface area contributed by atoms with Crippen molar-refractivity contribution in [2.45, 2.75) is 39.3 Å². The number of nitrogens with zero attached hydrogens (tertiary/aromatic N) is 1. The lowest BCUT2D eigenvalue weighted by Gasteiger charge is -2.21. The fourth-order valence-corrected chi connectivity index (χ4v) is 3.59. The van der Waals surface area contributed by atoms with E-state index in [1.165, 1.54) is 0 Å². The van der Waals surface area contributed by atoms with E-state index in [9.17, 15) is 9.59 Å². The molecule has 1 aliphatic carbocycles. The van der Waals surface area contributed by atoms with E-state index in [2.05, 4.69) is 19.2 Å². The molecule has 0 aromatic heterocycles. The van der Waals surface area contributed by atoms with E-state index < -0.39 is 0 Å². The average Bonchev–Trinajstić information content (AvgIpc) is 2.69. The van der Waals surface area contributed by atoms with Crippen molar-refractivity contribution < 1.29 is 9.59 Å². The number of likely N-dealkylation sites (tertiary alicyclic amines) is 1. The van der Waals surface area contributed by atoms with E-state index in [1.807, 2.05) is 6.92 Å². The number of fused-ring (bicyclic) bond motifs is 1. The van der Waals surface area contributed by atoms with E-state index in [0.717, 1.165) is 13.0 Å². The molecule has 1 saturated carbocycles. The standard InChI is InChI=1S/C13H20N2O2.ClH/c1-6-7(2)10(6)13(17)15-9-4-5-14-11(9)8(3)12(15)16;/h6-11,14H,4-5H2,1-3H3;1H/t6?,7?,8-,9-,10?,11+;/m0./s1. The lowest BCUT2D eigenvalue weighted by Crippen LogP contribution is -2.41. The van der Waals surface area contributed by atoms with Crippen LogP contribution in [0.1, 0.15) is 27.2 Å². The lowest BCUT2D eigenvalue weighted by atomic mass is 10.0. The van der Waals surface area contributed by atoms with E-state index in [-0.39, 0.29) is 48.1 Å². The molecule has 0 bridgehead atoms. The molecule has 1 N–H and O–H groups in total. The van der Waals surface area contributed by atoms with Crippen LogP contribution >= 0.6 is 12.4 Å². The second kappa shape index (κ2) is 4.49. The van der Waals surface area contributed by atoms with Gasteiger partial charge in [-0.15, -0.1) is 12.4 Å². The topological polar surface area (TPSA) is 49.4 Å². The quantitative estimate of drug-likeness (QED) is 0.726. The van der Waals surface area contributed by atoms with Crippen LogP contribution in [0.3, 0.4) is 0 Å². The molecule has 0 aromatic carbocycles. The minimum absolute atomic E-state index is 0. The molecule has 0 radical (unpaired) electrons. The predicted octanol–water partition coefficient (Wildman–Crippen LogP) is 1.05. The summed E-state index contributed by atoms with van der Waals surface area (Å²) in [6.45, 7) is 7.06. The van der Waals surface area contributed by atoms with Crippen molar-refractivity contribution in [3.63, 3.8) is 0 Å². The van der Waals surface area contributed by atoms with E-state index in [0.29, 0.717) is 11.8 Å². The van der Waals surface area contributed by atoms with Crippen molar-refractivity contribution >= 4 is 24.2 Å². The number of imide groups is 1. The molecule has 3 fully saturated rings. The van der Waals surface area contributed by atoms with Gasteiger partial charge in [-0.1, -0.05) is 20.8 Å². The minimum Gasteiger partial charge on any atom is -0.311 e. The highest BCUT2D eigenvalue weighted by Gasteiger charge is 2.57. The Morgan fingerprint density at radius 1 is 1.28 bits per heavy atom. The molecule has 0 spiro atoms. The SMILES string of the molecule is CC1C(C)C1C(=O)N1C(=O)[C@@H](C)[C@H]2NCC[C@@H]21.Cl. The van der Waals surface area contributed by atoms with Crippen LogP contribution in [0.2, 0.25) is 0 Å².